The summed E-state index contributed by atoms with van der Waals surface area (Å²) in [5, 5.41) is 9.22. The van der Waals surface area contributed by atoms with Crippen molar-refractivity contribution < 1.29 is 9.90 Å². The molecular formula is C20H18O2S. The van der Waals surface area contributed by atoms with Gasteiger partial charge in [-0.15, -0.1) is 11.8 Å². The van der Waals surface area contributed by atoms with Crippen LogP contribution in [0.4, 0.5) is 0 Å². The van der Waals surface area contributed by atoms with Gasteiger partial charge in [-0.1, -0.05) is 37.8 Å². The highest BCUT2D eigenvalue weighted by Crippen LogP contribution is 2.41. The summed E-state index contributed by atoms with van der Waals surface area (Å²) in [4.78, 5) is 12.6. The number of benzene rings is 2. The Hall–Kier alpha value is -2.18. The Morgan fingerprint density at radius 1 is 1.17 bits per heavy atom. The van der Waals surface area contributed by atoms with E-state index in [9.17, 15) is 9.90 Å². The lowest BCUT2D eigenvalue weighted by Crippen LogP contribution is -2.22. The average Bonchev–Trinajstić information content (AvgIpc) is 2.53. The first-order valence-electron chi connectivity index (χ1n) is 7.59. The molecule has 0 aromatic heterocycles. The van der Waals surface area contributed by atoms with Crippen LogP contribution in [0.15, 0.2) is 47.4 Å². The van der Waals surface area contributed by atoms with Crippen molar-refractivity contribution in [2.45, 2.75) is 30.6 Å². The van der Waals surface area contributed by atoms with Gasteiger partial charge in [0.25, 0.3) is 0 Å². The van der Waals surface area contributed by atoms with Crippen LogP contribution in [0.1, 0.15) is 47.3 Å². The molecule has 1 heterocycles. The average molecular weight is 322 g/mol. The van der Waals surface area contributed by atoms with Gasteiger partial charge in [-0.3, -0.25) is 0 Å². The smallest absolute Gasteiger partial charge is 0.336 e. The summed E-state index contributed by atoms with van der Waals surface area (Å²) >= 11 is 1.89. The molecular weight excluding hydrogens is 304 g/mol. The lowest BCUT2D eigenvalue weighted by atomic mass is 9.81. The van der Waals surface area contributed by atoms with Crippen LogP contribution in [0.5, 0.6) is 0 Å². The van der Waals surface area contributed by atoms with Crippen molar-refractivity contribution in [3.05, 3.63) is 64.7 Å². The predicted molar refractivity (Wildman–Crippen MR) is 94.2 cm³/mol. The highest BCUT2D eigenvalue weighted by Gasteiger charge is 2.27. The summed E-state index contributed by atoms with van der Waals surface area (Å²) in [6.07, 6.45) is 1.16. The zero-order valence-corrected chi connectivity index (χ0v) is 14.0. The molecule has 0 amide bonds. The van der Waals surface area contributed by atoms with Crippen molar-refractivity contribution in [1.82, 2.24) is 0 Å². The number of fused-ring (bicyclic) bond motifs is 1. The standard InChI is InChI=1S/C20H18O2S/c1-20(2)11-12-23-18-10-8-14(13-17(18)20)7-9-15-5-3-4-6-16(15)19(21)22/h3-6,8,10,13H,11-12H2,1-2H3,(H,21,22). The maximum atomic E-state index is 11.2. The van der Waals surface area contributed by atoms with Crippen LogP contribution in [0.25, 0.3) is 0 Å². The quantitative estimate of drug-likeness (QED) is 0.782. The summed E-state index contributed by atoms with van der Waals surface area (Å²) in [7, 11) is 0. The van der Waals surface area contributed by atoms with Gasteiger partial charge in [0.15, 0.2) is 0 Å². The third kappa shape index (κ3) is 3.28. The zero-order valence-electron chi connectivity index (χ0n) is 13.2. The van der Waals surface area contributed by atoms with Crippen LogP contribution in [0.3, 0.4) is 0 Å². The van der Waals surface area contributed by atoms with Crippen molar-refractivity contribution in [1.29, 1.82) is 0 Å². The molecule has 23 heavy (non-hydrogen) atoms. The number of hydrogen-bond acceptors (Lipinski definition) is 2. The number of hydrogen-bond donors (Lipinski definition) is 1. The zero-order chi connectivity index (χ0) is 16.4. The Labute approximate surface area is 140 Å². The molecule has 116 valence electrons. The van der Waals surface area contributed by atoms with Crippen LogP contribution in [0.2, 0.25) is 0 Å². The van der Waals surface area contributed by atoms with E-state index in [2.05, 4.69) is 37.8 Å². The predicted octanol–water partition coefficient (Wildman–Crippen LogP) is 4.56. The van der Waals surface area contributed by atoms with Crippen LogP contribution in [0, 0.1) is 11.8 Å². The molecule has 0 fully saturated rings. The van der Waals surface area contributed by atoms with Gasteiger partial charge >= 0.3 is 5.97 Å². The second-order valence-corrected chi connectivity index (χ2v) is 7.43. The molecule has 0 unspecified atom stereocenters. The van der Waals surface area contributed by atoms with Crippen LogP contribution in [-0.2, 0) is 5.41 Å². The monoisotopic (exact) mass is 322 g/mol. The Morgan fingerprint density at radius 2 is 1.96 bits per heavy atom. The second-order valence-electron chi connectivity index (χ2n) is 6.29. The van der Waals surface area contributed by atoms with Crippen molar-refractivity contribution >= 4 is 17.7 Å². The number of carboxylic acid groups (broad SMARTS) is 1. The van der Waals surface area contributed by atoms with E-state index in [0.717, 1.165) is 17.7 Å². The van der Waals surface area contributed by atoms with E-state index in [4.69, 9.17) is 0 Å². The van der Waals surface area contributed by atoms with Gasteiger partial charge in [0.2, 0.25) is 0 Å². The van der Waals surface area contributed by atoms with Crippen molar-refractivity contribution in [3.8, 4) is 11.8 Å². The van der Waals surface area contributed by atoms with E-state index in [0.29, 0.717) is 5.56 Å². The Balaban J connectivity index is 1.99. The molecule has 0 radical (unpaired) electrons. The minimum Gasteiger partial charge on any atom is -0.478 e. The molecule has 1 N–H and O–H groups in total. The molecule has 0 aliphatic carbocycles. The fourth-order valence-corrected chi connectivity index (χ4v) is 4.22. The number of rotatable bonds is 1. The highest BCUT2D eigenvalue weighted by molar-refractivity contribution is 7.99. The number of carboxylic acids is 1. The summed E-state index contributed by atoms with van der Waals surface area (Å²) in [6.45, 7) is 4.53. The second kappa shape index (κ2) is 6.14. The lowest BCUT2D eigenvalue weighted by molar-refractivity contribution is 0.0696. The number of thioether (sulfide) groups is 1. The molecule has 3 rings (SSSR count). The Kier molecular flexibility index (Phi) is 4.19. The van der Waals surface area contributed by atoms with E-state index in [1.54, 1.807) is 18.2 Å². The maximum absolute atomic E-state index is 11.2. The Bertz CT molecular complexity index is 825. The van der Waals surface area contributed by atoms with E-state index >= 15 is 0 Å². The number of aromatic carboxylic acids is 1. The lowest BCUT2D eigenvalue weighted by Gasteiger charge is -2.32. The normalized spacial score (nSPS) is 15.2. The van der Waals surface area contributed by atoms with Crippen LogP contribution < -0.4 is 0 Å². The summed E-state index contributed by atoms with van der Waals surface area (Å²) in [6, 6.07) is 13.2. The molecule has 2 aromatic carbocycles. The third-order valence-corrected chi connectivity index (χ3v) is 5.27. The molecule has 1 aliphatic heterocycles. The first kappa shape index (κ1) is 15.7. The fraction of sp³-hybridized carbons (Fsp3) is 0.250. The molecule has 1 aliphatic rings. The molecule has 0 saturated heterocycles. The minimum absolute atomic E-state index is 0.164. The van der Waals surface area contributed by atoms with E-state index in [1.807, 2.05) is 23.9 Å². The molecule has 2 nitrogen and oxygen atoms in total. The van der Waals surface area contributed by atoms with Gasteiger partial charge in [-0.05, 0) is 53.5 Å². The first-order valence-corrected chi connectivity index (χ1v) is 8.58. The Morgan fingerprint density at radius 3 is 2.74 bits per heavy atom. The minimum atomic E-state index is -0.946. The molecule has 0 saturated carbocycles. The molecule has 0 atom stereocenters. The summed E-state index contributed by atoms with van der Waals surface area (Å²) in [5.74, 6) is 6.33. The topological polar surface area (TPSA) is 37.3 Å². The van der Waals surface area contributed by atoms with E-state index in [1.165, 1.54) is 10.5 Å². The van der Waals surface area contributed by atoms with Gasteiger partial charge in [0.1, 0.15) is 0 Å². The van der Waals surface area contributed by atoms with Gasteiger partial charge in [-0.2, -0.15) is 0 Å². The molecule has 3 heteroatoms. The maximum Gasteiger partial charge on any atom is 0.336 e. The fourth-order valence-electron chi connectivity index (χ4n) is 2.73. The summed E-state index contributed by atoms with van der Waals surface area (Å²) < 4.78 is 0. The summed E-state index contributed by atoms with van der Waals surface area (Å²) in [5.41, 5.74) is 3.23. The first-order chi connectivity index (χ1) is 11.0. The SMILES string of the molecule is CC1(C)CCSc2ccc(C#Cc3ccccc3C(=O)O)cc21. The van der Waals surface area contributed by atoms with Crippen LogP contribution >= 0.6 is 11.8 Å². The van der Waals surface area contributed by atoms with Crippen molar-refractivity contribution in [2.75, 3.05) is 5.75 Å². The van der Waals surface area contributed by atoms with Crippen molar-refractivity contribution in [2.24, 2.45) is 0 Å². The van der Waals surface area contributed by atoms with Gasteiger partial charge in [0, 0.05) is 16.0 Å². The van der Waals surface area contributed by atoms with Gasteiger partial charge in [0.05, 0.1) is 5.56 Å². The molecule has 2 aromatic rings. The third-order valence-electron chi connectivity index (χ3n) is 4.19. The van der Waals surface area contributed by atoms with Crippen LogP contribution in [-0.4, -0.2) is 16.8 Å². The molecule has 0 spiro atoms. The van der Waals surface area contributed by atoms with Gasteiger partial charge in [-0.25, -0.2) is 4.79 Å². The largest absolute Gasteiger partial charge is 0.478 e. The number of carbonyl (C=O) groups is 1. The van der Waals surface area contributed by atoms with Gasteiger partial charge < -0.3 is 5.11 Å². The molecule has 0 bridgehead atoms. The van der Waals surface area contributed by atoms with E-state index < -0.39 is 5.97 Å². The van der Waals surface area contributed by atoms with E-state index in [-0.39, 0.29) is 11.0 Å². The van der Waals surface area contributed by atoms with Crippen molar-refractivity contribution in [3.63, 3.8) is 0 Å². The highest BCUT2D eigenvalue weighted by atomic mass is 32.2.